The molecule has 0 aliphatic carbocycles. The molecule has 1 aromatic heterocycles. The largest absolute Gasteiger partial charge is 0.497 e. The highest BCUT2D eigenvalue weighted by atomic mass is 79.9. The van der Waals surface area contributed by atoms with Gasteiger partial charge < -0.3 is 18.6 Å². The van der Waals surface area contributed by atoms with E-state index in [0.29, 0.717) is 27.5 Å². The highest BCUT2D eigenvalue weighted by Gasteiger charge is 2.15. The van der Waals surface area contributed by atoms with Crippen LogP contribution >= 0.6 is 15.9 Å². The molecule has 24 heavy (non-hydrogen) atoms. The first-order valence-electron chi connectivity index (χ1n) is 6.89. The maximum absolute atomic E-state index is 12.2. The molecule has 0 saturated heterocycles. The summed E-state index contributed by atoms with van der Waals surface area (Å²) >= 11 is 3.16. The molecule has 126 valence electrons. The van der Waals surface area contributed by atoms with Crippen LogP contribution in [0.2, 0.25) is 0 Å². The number of carbonyl (C=O) groups is 2. The third-order valence-corrected chi connectivity index (χ3v) is 3.46. The number of Topliss-reactive ketones (excluding diaryl/α,β-unsaturated/α-hetero) is 1. The molecule has 7 heteroatoms. The predicted octanol–water partition coefficient (Wildman–Crippen LogP) is 3.50. The minimum Gasteiger partial charge on any atom is -0.497 e. The van der Waals surface area contributed by atoms with Crippen molar-refractivity contribution in [2.75, 3.05) is 20.8 Å². The average molecular weight is 395 g/mol. The molecular weight excluding hydrogens is 380 g/mol. The second kappa shape index (κ2) is 8.35. The number of halogens is 1. The summed E-state index contributed by atoms with van der Waals surface area (Å²) in [6, 6.07) is 8.16. The van der Waals surface area contributed by atoms with Crippen LogP contribution in [0.3, 0.4) is 0 Å². The first-order chi connectivity index (χ1) is 11.5. The van der Waals surface area contributed by atoms with Gasteiger partial charge in [-0.3, -0.25) is 4.79 Å². The highest BCUT2D eigenvalue weighted by Crippen LogP contribution is 2.25. The molecule has 2 rings (SSSR count). The monoisotopic (exact) mass is 394 g/mol. The fourth-order valence-electron chi connectivity index (χ4n) is 1.86. The molecule has 0 amide bonds. The number of ketones is 1. The van der Waals surface area contributed by atoms with E-state index in [1.807, 2.05) is 0 Å². The summed E-state index contributed by atoms with van der Waals surface area (Å²) in [4.78, 5) is 23.8. The number of methoxy groups -OCH3 is 2. The summed E-state index contributed by atoms with van der Waals surface area (Å²) in [6.45, 7) is -0.395. The fraction of sp³-hybridized carbons (Fsp3) is 0.176. The number of rotatable bonds is 7. The van der Waals surface area contributed by atoms with E-state index in [0.717, 1.165) is 0 Å². The van der Waals surface area contributed by atoms with Gasteiger partial charge in [0.15, 0.2) is 11.3 Å². The Hall–Kier alpha value is -2.54. The van der Waals surface area contributed by atoms with E-state index >= 15 is 0 Å². The Balaban J connectivity index is 1.95. The number of esters is 1. The molecule has 1 aromatic carbocycles. The van der Waals surface area contributed by atoms with Gasteiger partial charge in [0, 0.05) is 12.1 Å². The third-order valence-electron chi connectivity index (χ3n) is 3.03. The lowest BCUT2D eigenvalue weighted by molar-refractivity contribution is -0.136. The van der Waals surface area contributed by atoms with E-state index in [-0.39, 0.29) is 5.78 Å². The third kappa shape index (κ3) is 4.73. The zero-order valence-corrected chi connectivity index (χ0v) is 14.7. The lowest BCUT2D eigenvalue weighted by Crippen LogP contribution is -2.13. The van der Waals surface area contributed by atoms with Gasteiger partial charge in [-0.1, -0.05) is 0 Å². The first kappa shape index (κ1) is 17.8. The summed E-state index contributed by atoms with van der Waals surface area (Å²) in [5, 5.41) is 0. The molecule has 0 fully saturated rings. The summed E-state index contributed by atoms with van der Waals surface area (Å²) in [5.41, 5.74) is 0.310. The van der Waals surface area contributed by atoms with Gasteiger partial charge in [0.2, 0.25) is 5.78 Å². The van der Waals surface area contributed by atoms with E-state index in [2.05, 4.69) is 15.9 Å². The second-order valence-corrected chi connectivity index (χ2v) is 5.35. The SMILES string of the molecule is COc1ccc(C(=O)COC(=O)/C=C/c2ccc(Br)o2)c(OC)c1. The van der Waals surface area contributed by atoms with Gasteiger partial charge in [-0.2, -0.15) is 0 Å². The Bertz CT molecular complexity index is 762. The molecule has 0 aliphatic rings. The minimum absolute atomic E-state index is 0.310. The number of hydrogen-bond acceptors (Lipinski definition) is 6. The second-order valence-electron chi connectivity index (χ2n) is 4.57. The maximum atomic E-state index is 12.2. The Kier molecular flexibility index (Phi) is 6.20. The van der Waals surface area contributed by atoms with Crippen molar-refractivity contribution in [2.45, 2.75) is 0 Å². The normalized spacial score (nSPS) is 10.6. The standard InChI is InChI=1S/C17H15BrO6/c1-21-12-3-6-13(15(9-12)22-2)14(19)10-23-17(20)8-5-11-4-7-16(18)24-11/h3-9H,10H2,1-2H3/b8-5+. The maximum Gasteiger partial charge on any atom is 0.331 e. The Labute approximate surface area is 147 Å². The van der Waals surface area contributed by atoms with Crippen LogP contribution in [0.5, 0.6) is 11.5 Å². The van der Waals surface area contributed by atoms with Crippen molar-refractivity contribution in [1.82, 2.24) is 0 Å². The van der Waals surface area contributed by atoms with Crippen LogP contribution in [0.1, 0.15) is 16.1 Å². The van der Waals surface area contributed by atoms with Crippen molar-refractivity contribution in [3.8, 4) is 11.5 Å². The van der Waals surface area contributed by atoms with Crippen LogP contribution in [0.4, 0.5) is 0 Å². The number of carbonyl (C=O) groups excluding carboxylic acids is 2. The fourth-order valence-corrected chi connectivity index (χ4v) is 2.18. The molecule has 2 aromatic rings. The van der Waals surface area contributed by atoms with Gasteiger partial charge in [-0.05, 0) is 46.3 Å². The van der Waals surface area contributed by atoms with E-state index in [9.17, 15) is 9.59 Å². The summed E-state index contributed by atoms with van der Waals surface area (Å²) in [5.74, 6) is 0.377. The summed E-state index contributed by atoms with van der Waals surface area (Å²) in [6.07, 6.45) is 2.63. The van der Waals surface area contributed by atoms with Crippen molar-refractivity contribution in [3.63, 3.8) is 0 Å². The molecule has 0 saturated carbocycles. The highest BCUT2D eigenvalue weighted by molar-refractivity contribution is 9.10. The minimum atomic E-state index is -0.650. The Morgan fingerprint density at radius 3 is 2.58 bits per heavy atom. The van der Waals surface area contributed by atoms with Crippen LogP contribution in [-0.4, -0.2) is 32.6 Å². The van der Waals surface area contributed by atoms with E-state index in [1.54, 1.807) is 30.3 Å². The molecule has 0 N–H and O–H groups in total. The lowest BCUT2D eigenvalue weighted by atomic mass is 10.1. The van der Waals surface area contributed by atoms with Gasteiger partial charge in [-0.25, -0.2) is 4.79 Å². The Morgan fingerprint density at radius 2 is 1.96 bits per heavy atom. The smallest absolute Gasteiger partial charge is 0.331 e. The molecule has 1 heterocycles. The Morgan fingerprint density at radius 1 is 1.17 bits per heavy atom. The van der Waals surface area contributed by atoms with Gasteiger partial charge in [-0.15, -0.1) is 0 Å². The summed E-state index contributed by atoms with van der Waals surface area (Å²) in [7, 11) is 2.96. The first-order valence-corrected chi connectivity index (χ1v) is 7.68. The molecule has 0 spiro atoms. The van der Waals surface area contributed by atoms with Gasteiger partial charge in [0.05, 0.1) is 19.8 Å². The van der Waals surface area contributed by atoms with E-state index in [4.69, 9.17) is 18.6 Å². The van der Waals surface area contributed by atoms with E-state index < -0.39 is 12.6 Å². The van der Waals surface area contributed by atoms with Crippen LogP contribution < -0.4 is 9.47 Å². The van der Waals surface area contributed by atoms with Crippen LogP contribution in [0, 0.1) is 0 Å². The molecule has 0 aliphatic heterocycles. The quantitative estimate of drug-likeness (QED) is 0.406. The lowest BCUT2D eigenvalue weighted by Gasteiger charge is -2.09. The van der Waals surface area contributed by atoms with Gasteiger partial charge in [0.1, 0.15) is 17.3 Å². The number of hydrogen-bond donors (Lipinski definition) is 0. The molecule has 0 atom stereocenters. The molecule has 6 nitrogen and oxygen atoms in total. The zero-order chi connectivity index (χ0) is 17.5. The molecule has 0 bridgehead atoms. The van der Waals surface area contributed by atoms with Crippen LogP contribution in [0.15, 0.2) is 45.5 Å². The van der Waals surface area contributed by atoms with Crippen molar-refractivity contribution in [2.24, 2.45) is 0 Å². The molecule has 0 radical (unpaired) electrons. The number of furan rings is 1. The van der Waals surface area contributed by atoms with Crippen molar-refractivity contribution >= 4 is 33.8 Å². The van der Waals surface area contributed by atoms with Crippen LogP contribution in [0.25, 0.3) is 6.08 Å². The van der Waals surface area contributed by atoms with Crippen LogP contribution in [-0.2, 0) is 9.53 Å². The topological polar surface area (TPSA) is 75.0 Å². The number of ether oxygens (including phenoxy) is 3. The predicted molar refractivity (Wildman–Crippen MR) is 90.3 cm³/mol. The molecule has 0 unspecified atom stereocenters. The average Bonchev–Trinajstić information content (AvgIpc) is 3.02. The summed E-state index contributed by atoms with van der Waals surface area (Å²) < 4.78 is 20.9. The number of benzene rings is 1. The van der Waals surface area contributed by atoms with Crippen molar-refractivity contribution < 1.29 is 28.2 Å². The zero-order valence-electron chi connectivity index (χ0n) is 13.1. The van der Waals surface area contributed by atoms with Gasteiger partial charge >= 0.3 is 5.97 Å². The molecular formula is C17H15BrO6. The van der Waals surface area contributed by atoms with E-state index in [1.165, 1.54) is 26.4 Å². The van der Waals surface area contributed by atoms with Gasteiger partial charge in [0.25, 0.3) is 0 Å². The van der Waals surface area contributed by atoms with Crippen molar-refractivity contribution in [1.29, 1.82) is 0 Å². The van der Waals surface area contributed by atoms with Crippen molar-refractivity contribution in [3.05, 3.63) is 52.4 Å².